The SMILES string of the molecule is COC(=O)c1csc(-c2nc3ccc(OC)cc3s2)n1. The predicted octanol–water partition coefficient (Wildman–Crippen LogP) is 3.22. The van der Waals surface area contributed by atoms with Gasteiger partial charge in [-0.2, -0.15) is 0 Å². The first-order valence-electron chi connectivity index (χ1n) is 5.70. The molecular formula is C13H10N2O3S2. The van der Waals surface area contributed by atoms with Gasteiger partial charge in [0, 0.05) is 5.38 Å². The highest BCUT2D eigenvalue weighted by Crippen LogP contribution is 2.33. The maximum atomic E-state index is 11.4. The first-order valence-corrected chi connectivity index (χ1v) is 7.39. The quantitative estimate of drug-likeness (QED) is 0.695. The summed E-state index contributed by atoms with van der Waals surface area (Å²) < 4.78 is 10.9. The molecule has 0 aliphatic carbocycles. The summed E-state index contributed by atoms with van der Waals surface area (Å²) in [5.74, 6) is 0.359. The summed E-state index contributed by atoms with van der Waals surface area (Å²) in [6, 6.07) is 5.71. The van der Waals surface area contributed by atoms with Gasteiger partial charge in [0.25, 0.3) is 0 Å². The summed E-state index contributed by atoms with van der Waals surface area (Å²) in [7, 11) is 2.97. The van der Waals surface area contributed by atoms with Crippen molar-refractivity contribution in [2.24, 2.45) is 0 Å². The third-order valence-electron chi connectivity index (χ3n) is 2.68. The lowest BCUT2D eigenvalue weighted by atomic mass is 10.3. The minimum Gasteiger partial charge on any atom is -0.497 e. The van der Waals surface area contributed by atoms with E-state index in [1.54, 1.807) is 12.5 Å². The molecule has 0 aliphatic rings. The lowest BCUT2D eigenvalue weighted by molar-refractivity contribution is 0.0595. The molecule has 0 spiro atoms. The van der Waals surface area contributed by atoms with E-state index in [0.717, 1.165) is 21.0 Å². The van der Waals surface area contributed by atoms with Crippen molar-refractivity contribution in [3.05, 3.63) is 29.3 Å². The number of aromatic nitrogens is 2. The van der Waals surface area contributed by atoms with E-state index in [4.69, 9.17) is 4.74 Å². The topological polar surface area (TPSA) is 61.3 Å². The molecule has 3 rings (SSSR count). The first kappa shape index (κ1) is 13.0. The van der Waals surface area contributed by atoms with Gasteiger partial charge in [-0.1, -0.05) is 0 Å². The highest BCUT2D eigenvalue weighted by atomic mass is 32.1. The zero-order valence-electron chi connectivity index (χ0n) is 10.7. The minimum absolute atomic E-state index is 0.310. The van der Waals surface area contributed by atoms with Crippen LogP contribution in [0.25, 0.3) is 20.2 Å². The fourth-order valence-electron chi connectivity index (χ4n) is 1.69. The van der Waals surface area contributed by atoms with Crippen molar-refractivity contribution < 1.29 is 14.3 Å². The van der Waals surface area contributed by atoms with Crippen LogP contribution in [0.15, 0.2) is 23.6 Å². The lowest BCUT2D eigenvalue weighted by Crippen LogP contribution is -2.00. The van der Waals surface area contributed by atoms with E-state index in [2.05, 4.69) is 14.7 Å². The molecule has 1 aromatic carbocycles. The van der Waals surface area contributed by atoms with Crippen molar-refractivity contribution >= 4 is 38.9 Å². The predicted molar refractivity (Wildman–Crippen MR) is 78.6 cm³/mol. The number of rotatable bonds is 3. The zero-order valence-corrected chi connectivity index (χ0v) is 12.4. The Balaban J connectivity index is 2.01. The molecule has 0 saturated carbocycles. The van der Waals surface area contributed by atoms with Crippen molar-refractivity contribution in [2.75, 3.05) is 14.2 Å². The molecule has 0 aliphatic heterocycles. The van der Waals surface area contributed by atoms with Gasteiger partial charge in [-0.3, -0.25) is 0 Å². The fraction of sp³-hybridized carbons (Fsp3) is 0.154. The van der Waals surface area contributed by atoms with Crippen LogP contribution in [0.2, 0.25) is 0 Å². The van der Waals surface area contributed by atoms with Crippen LogP contribution in [0.4, 0.5) is 0 Å². The molecule has 20 heavy (non-hydrogen) atoms. The van der Waals surface area contributed by atoms with Crippen molar-refractivity contribution in [1.29, 1.82) is 0 Å². The van der Waals surface area contributed by atoms with Gasteiger partial charge >= 0.3 is 5.97 Å². The van der Waals surface area contributed by atoms with E-state index >= 15 is 0 Å². The summed E-state index contributed by atoms with van der Waals surface area (Å²) >= 11 is 2.89. The lowest BCUT2D eigenvalue weighted by Gasteiger charge is -1.96. The first-order chi connectivity index (χ1) is 9.71. The Hall–Kier alpha value is -1.99. The number of benzene rings is 1. The Morgan fingerprint density at radius 1 is 1.20 bits per heavy atom. The van der Waals surface area contributed by atoms with Gasteiger partial charge in [-0.25, -0.2) is 14.8 Å². The van der Waals surface area contributed by atoms with Crippen LogP contribution >= 0.6 is 22.7 Å². The second kappa shape index (κ2) is 5.18. The van der Waals surface area contributed by atoms with Crippen molar-refractivity contribution in [3.8, 4) is 15.8 Å². The molecule has 7 heteroatoms. The van der Waals surface area contributed by atoms with Gasteiger partial charge < -0.3 is 9.47 Å². The number of esters is 1. The van der Waals surface area contributed by atoms with Crippen LogP contribution in [-0.2, 0) is 4.74 Å². The molecule has 0 fully saturated rings. The second-order valence-electron chi connectivity index (χ2n) is 3.88. The van der Waals surface area contributed by atoms with E-state index in [0.29, 0.717) is 10.7 Å². The number of thiazole rings is 2. The summed E-state index contributed by atoms with van der Waals surface area (Å²) in [5, 5.41) is 3.17. The third-order valence-corrected chi connectivity index (χ3v) is 4.68. The second-order valence-corrected chi connectivity index (χ2v) is 5.77. The van der Waals surface area contributed by atoms with Crippen LogP contribution in [0.5, 0.6) is 5.75 Å². The van der Waals surface area contributed by atoms with Crippen molar-refractivity contribution in [2.45, 2.75) is 0 Å². The highest BCUT2D eigenvalue weighted by molar-refractivity contribution is 7.25. The molecular weight excluding hydrogens is 296 g/mol. The summed E-state index contributed by atoms with van der Waals surface area (Å²) in [5.41, 5.74) is 1.20. The molecule has 0 atom stereocenters. The number of carbonyl (C=O) groups is 1. The fourth-order valence-corrected chi connectivity index (χ4v) is 3.51. The van der Waals surface area contributed by atoms with E-state index < -0.39 is 5.97 Å². The average Bonchev–Trinajstić information content (AvgIpc) is 3.11. The molecule has 3 aromatic rings. The molecule has 0 amide bonds. The molecule has 0 saturated heterocycles. The Labute approximate surface area is 122 Å². The van der Waals surface area contributed by atoms with Crippen LogP contribution in [-0.4, -0.2) is 30.2 Å². The number of fused-ring (bicyclic) bond motifs is 1. The van der Waals surface area contributed by atoms with E-state index in [1.165, 1.54) is 29.8 Å². The Bertz CT molecular complexity index is 779. The number of ether oxygens (including phenoxy) is 2. The Morgan fingerprint density at radius 3 is 2.80 bits per heavy atom. The monoisotopic (exact) mass is 306 g/mol. The van der Waals surface area contributed by atoms with Gasteiger partial charge in [-0.05, 0) is 18.2 Å². The number of carbonyl (C=O) groups excluding carboxylic acids is 1. The molecule has 0 bridgehead atoms. The molecule has 5 nitrogen and oxygen atoms in total. The van der Waals surface area contributed by atoms with E-state index in [-0.39, 0.29) is 0 Å². The van der Waals surface area contributed by atoms with Gasteiger partial charge in [0.2, 0.25) is 0 Å². The number of hydrogen-bond acceptors (Lipinski definition) is 7. The molecule has 2 heterocycles. The van der Waals surface area contributed by atoms with Crippen LogP contribution in [0.1, 0.15) is 10.5 Å². The van der Waals surface area contributed by atoms with E-state index in [9.17, 15) is 4.79 Å². The third kappa shape index (κ3) is 2.25. The number of hydrogen-bond donors (Lipinski definition) is 0. The number of nitrogens with zero attached hydrogens (tertiary/aromatic N) is 2. The summed E-state index contributed by atoms with van der Waals surface area (Å²) in [4.78, 5) is 20.2. The number of methoxy groups -OCH3 is 2. The van der Waals surface area contributed by atoms with E-state index in [1.807, 2.05) is 18.2 Å². The zero-order chi connectivity index (χ0) is 14.1. The Morgan fingerprint density at radius 2 is 2.05 bits per heavy atom. The van der Waals surface area contributed by atoms with Crippen LogP contribution in [0.3, 0.4) is 0 Å². The molecule has 2 aromatic heterocycles. The summed E-state index contributed by atoms with van der Waals surface area (Å²) in [6.45, 7) is 0. The molecule has 102 valence electrons. The smallest absolute Gasteiger partial charge is 0.357 e. The van der Waals surface area contributed by atoms with Gasteiger partial charge in [0.15, 0.2) is 15.7 Å². The van der Waals surface area contributed by atoms with Crippen LogP contribution in [0, 0.1) is 0 Å². The van der Waals surface area contributed by atoms with Crippen molar-refractivity contribution in [3.63, 3.8) is 0 Å². The van der Waals surface area contributed by atoms with Crippen molar-refractivity contribution in [1.82, 2.24) is 9.97 Å². The van der Waals surface area contributed by atoms with Gasteiger partial charge in [-0.15, -0.1) is 22.7 Å². The molecule has 0 unspecified atom stereocenters. The van der Waals surface area contributed by atoms with Gasteiger partial charge in [0.1, 0.15) is 5.75 Å². The average molecular weight is 306 g/mol. The largest absolute Gasteiger partial charge is 0.497 e. The normalized spacial score (nSPS) is 10.7. The summed E-state index contributed by atoms with van der Waals surface area (Å²) in [6.07, 6.45) is 0. The highest BCUT2D eigenvalue weighted by Gasteiger charge is 2.15. The van der Waals surface area contributed by atoms with Gasteiger partial charge in [0.05, 0.1) is 24.4 Å². The maximum Gasteiger partial charge on any atom is 0.357 e. The maximum absolute atomic E-state index is 11.4. The standard InChI is InChI=1S/C13H10N2O3S2/c1-17-7-3-4-8-10(5-7)20-12(14-8)11-15-9(6-19-11)13(16)18-2/h3-6H,1-2H3. The van der Waals surface area contributed by atoms with Crippen LogP contribution < -0.4 is 4.74 Å². The molecule has 0 N–H and O–H groups in total. The Kier molecular flexibility index (Phi) is 3.37. The minimum atomic E-state index is -0.435. The molecule has 0 radical (unpaired) electrons.